The smallest absolute Gasteiger partial charge is 0.255 e. The summed E-state index contributed by atoms with van der Waals surface area (Å²) in [6.45, 7) is 2.97. The lowest BCUT2D eigenvalue weighted by molar-refractivity contribution is 0.0535. The van der Waals surface area contributed by atoms with Crippen molar-refractivity contribution in [2.45, 2.75) is 6.92 Å². The molecule has 0 bridgehead atoms. The van der Waals surface area contributed by atoms with Crippen molar-refractivity contribution in [1.82, 2.24) is 9.80 Å². The van der Waals surface area contributed by atoms with Gasteiger partial charge in [0.2, 0.25) is 10.0 Å². The normalized spacial score (nSPS) is 14.5. The maximum absolute atomic E-state index is 13.2. The van der Waals surface area contributed by atoms with Gasteiger partial charge in [-0.1, -0.05) is 17.7 Å². The fourth-order valence-corrected chi connectivity index (χ4v) is 4.06. The minimum Gasteiger partial charge on any atom is -0.335 e. The lowest BCUT2D eigenvalue weighted by Gasteiger charge is -2.35. The van der Waals surface area contributed by atoms with Gasteiger partial charge in [-0.15, -0.1) is 0 Å². The topological polar surface area (TPSA) is 86.8 Å². The van der Waals surface area contributed by atoms with Crippen molar-refractivity contribution >= 4 is 39.1 Å². The van der Waals surface area contributed by atoms with Gasteiger partial charge in [0.25, 0.3) is 11.8 Å². The number of sulfonamides is 1. The van der Waals surface area contributed by atoms with E-state index < -0.39 is 15.8 Å². The van der Waals surface area contributed by atoms with Crippen LogP contribution in [0.25, 0.3) is 0 Å². The summed E-state index contributed by atoms with van der Waals surface area (Å²) in [7, 11) is -3.47. The maximum Gasteiger partial charge on any atom is 0.255 e. The minimum atomic E-state index is -3.47. The molecule has 2 aromatic carbocycles. The lowest BCUT2D eigenvalue weighted by atomic mass is 10.1. The van der Waals surface area contributed by atoms with E-state index in [9.17, 15) is 22.4 Å². The molecule has 0 spiro atoms. The number of carbonyl (C=O) groups is 2. The Morgan fingerprint density at radius 1 is 1.00 bits per heavy atom. The summed E-state index contributed by atoms with van der Waals surface area (Å²) in [6.07, 6.45) is 1.05. The van der Waals surface area contributed by atoms with E-state index in [4.69, 9.17) is 11.6 Å². The zero-order chi connectivity index (χ0) is 22.1. The first-order valence-electron chi connectivity index (χ1n) is 9.17. The van der Waals surface area contributed by atoms with Gasteiger partial charge in [-0.3, -0.25) is 14.3 Å². The molecule has 7 nitrogen and oxygen atoms in total. The predicted octanol–water partition coefficient (Wildman–Crippen LogP) is 2.76. The average Bonchev–Trinajstić information content (AvgIpc) is 2.68. The monoisotopic (exact) mass is 453 g/mol. The summed E-state index contributed by atoms with van der Waals surface area (Å²) in [5, 5.41) is 0.0454. The molecule has 1 fully saturated rings. The molecule has 0 saturated carbocycles. The summed E-state index contributed by atoms with van der Waals surface area (Å²) in [5.74, 6) is -1.09. The fourth-order valence-electron chi connectivity index (χ4n) is 3.19. The first-order chi connectivity index (χ1) is 14.0. The number of nitrogens with zero attached hydrogens (tertiary/aromatic N) is 2. The quantitative estimate of drug-likeness (QED) is 0.771. The molecule has 30 heavy (non-hydrogen) atoms. The van der Waals surface area contributed by atoms with E-state index in [1.54, 1.807) is 28.9 Å². The summed E-state index contributed by atoms with van der Waals surface area (Å²) < 4.78 is 38.7. The van der Waals surface area contributed by atoms with Crippen molar-refractivity contribution in [2.75, 3.05) is 37.2 Å². The summed E-state index contributed by atoms with van der Waals surface area (Å²) in [6, 6.07) is 8.44. The van der Waals surface area contributed by atoms with Crippen LogP contribution in [-0.2, 0) is 10.0 Å². The number of nitrogens with one attached hydrogen (secondary N) is 1. The van der Waals surface area contributed by atoms with Gasteiger partial charge < -0.3 is 9.80 Å². The zero-order valence-corrected chi connectivity index (χ0v) is 18.1. The molecular formula is C20H21ClFN3O4S. The van der Waals surface area contributed by atoms with Crippen LogP contribution < -0.4 is 4.72 Å². The molecular weight excluding hydrogens is 433 g/mol. The van der Waals surface area contributed by atoms with Gasteiger partial charge in [-0.05, 0) is 42.8 Å². The molecule has 1 N–H and O–H groups in total. The number of hydrogen-bond acceptors (Lipinski definition) is 4. The molecule has 0 aliphatic carbocycles. The van der Waals surface area contributed by atoms with Crippen LogP contribution in [0.4, 0.5) is 10.1 Å². The van der Waals surface area contributed by atoms with Crippen LogP contribution in [0.3, 0.4) is 0 Å². The number of anilines is 1. The van der Waals surface area contributed by atoms with Gasteiger partial charge >= 0.3 is 0 Å². The van der Waals surface area contributed by atoms with Crippen LogP contribution in [0, 0.1) is 12.7 Å². The summed E-state index contributed by atoms with van der Waals surface area (Å²) in [5.41, 5.74) is 1.62. The molecule has 2 aromatic rings. The predicted molar refractivity (Wildman–Crippen MR) is 113 cm³/mol. The second-order valence-electron chi connectivity index (χ2n) is 7.11. The largest absolute Gasteiger partial charge is 0.335 e. The molecule has 0 atom stereocenters. The molecule has 1 aliphatic rings. The third-order valence-corrected chi connectivity index (χ3v) is 5.70. The van der Waals surface area contributed by atoms with Crippen molar-refractivity contribution in [3.63, 3.8) is 0 Å². The van der Waals surface area contributed by atoms with Crippen LogP contribution in [0.15, 0.2) is 36.4 Å². The number of hydrogen-bond donors (Lipinski definition) is 1. The lowest BCUT2D eigenvalue weighted by Crippen LogP contribution is -2.50. The Bertz CT molecular complexity index is 1100. The zero-order valence-electron chi connectivity index (χ0n) is 16.5. The van der Waals surface area contributed by atoms with Crippen LogP contribution >= 0.6 is 11.6 Å². The van der Waals surface area contributed by atoms with Gasteiger partial charge in [0, 0.05) is 31.7 Å². The highest BCUT2D eigenvalue weighted by Gasteiger charge is 2.27. The molecule has 3 rings (SSSR count). The summed E-state index contributed by atoms with van der Waals surface area (Å²) in [4.78, 5) is 28.7. The van der Waals surface area contributed by atoms with E-state index >= 15 is 0 Å². The number of carbonyl (C=O) groups excluding carboxylic acids is 2. The number of benzene rings is 2. The Hall–Kier alpha value is -2.65. The summed E-state index contributed by atoms with van der Waals surface area (Å²) >= 11 is 5.98. The van der Waals surface area contributed by atoms with E-state index in [1.165, 1.54) is 18.2 Å². The van der Waals surface area contributed by atoms with Crippen LogP contribution in [0.2, 0.25) is 5.02 Å². The number of rotatable bonds is 4. The SMILES string of the molecule is Cc1ccc(C(=O)N2CCN(C(=O)c3ccc(F)cc3Cl)CC2)cc1NS(C)(=O)=O. The molecule has 160 valence electrons. The Kier molecular flexibility index (Phi) is 6.33. The minimum absolute atomic E-state index is 0.0454. The second-order valence-corrected chi connectivity index (χ2v) is 9.27. The van der Waals surface area contributed by atoms with E-state index in [1.807, 2.05) is 0 Å². The molecule has 0 radical (unpaired) electrons. The number of aryl methyl sites for hydroxylation is 1. The first-order valence-corrected chi connectivity index (χ1v) is 11.4. The van der Waals surface area contributed by atoms with Crippen molar-refractivity contribution in [2.24, 2.45) is 0 Å². The third-order valence-electron chi connectivity index (χ3n) is 4.80. The molecule has 1 saturated heterocycles. The number of halogens is 2. The van der Waals surface area contributed by atoms with Crippen molar-refractivity contribution in [3.05, 3.63) is 63.9 Å². The van der Waals surface area contributed by atoms with Gasteiger partial charge in [0.15, 0.2) is 0 Å². The number of piperazine rings is 1. The van der Waals surface area contributed by atoms with E-state index in [0.717, 1.165) is 12.3 Å². The molecule has 10 heteroatoms. The highest BCUT2D eigenvalue weighted by Crippen LogP contribution is 2.22. The van der Waals surface area contributed by atoms with Crippen LogP contribution in [-0.4, -0.2) is 62.5 Å². The highest BCUT2D eigenvalue weighted by atomic mass is 35.5. The molecule has 1 heterocycles. The Morgan fingerprint density at radius 3 is 2.17 bits per heavy atom. The number of amides is 2. The van der Waals surface area contributed by atoms with Gasteiger partial charge in [0.05, 0.1) is 22.5 Å². The highest BCUT2D eigenvalue weighted by molar-refractivity contribution is 7.92. The van der Waals surface area contributed by atoms with E-state index in [2.05, 4.69) is 4.72 Å². The third kappa shape index (κ3) is 5.09. The maximum atomic E-state index is 13.2. The van der Waals surface area contributed by atoms with Crippen LogP contribution in [0.1, 0.15) is 26.3 Å². The first kappa shape index (κ1) is 22.0. The van der Waals surface area contributed by atoms with E-state index in [0.29, 0.717) is 43.0 Å². The standard InChI is InChI=1S/C20H21ClFN3O4S/c1-13-3-4-14(11-18(13)23-30(2,28)29)19(26)24-7-9-25(10-8-24)20(27)16-6-5-15(22)12-17(16)21/h3-6,11-12,23H,7-10H2,1-2H3. The second kappa shape index (κ2) is 8.61. The molecule has 1 aliphatic heterocycles. The van der Waals surface area contributed by atoms with Crippen LogP contribution in [0.5, 0.6) is 0 Å². The molecule has 0 unspecified atom stereocenters. The van der Waals surface area contributed by atoms with E-state index in [-0.39, 0.29) is 22.4 Å². The fraction of sp³-hybridized carbons (Fsp3) is 0.300. The van der Waals surface area contributed by atoms with Crippen molar-refractivity contribution in [1.29, 1.82) is 0 Å². The van der Waals surface area contributed by atoms with Gasteiger partial charge in [-0.2, -0.15) is 0 Å². The van der Waals surface area contributed by atoms with Gasteiger partial charge in [-0.25, -0.2) is 12.8 Å². The Labute approximate surface area is 179 Å². The molecule has 2 amide bonds. The van der Waals surface area contributed by atoms with Gasteiger partial charge in [0.1, 0.15) is 5.82 Å². The average molecular weight is 454 g/mol. The Morgan fingerprint density at radius 2 is 1.60 bits per heavy atom. The van der Waals surface area contributed by atoms with Crippen molar-refractivity contribution in [3.8, 4) is 0 Å². The van der Waals surface area contributed by atoms with Crippen molar-refractivity contribution < 1.29 is 22.4 Å². The Balaban J connectivity index is 1.68. The molecule has 0 aromatic heterocycles.